The van der Waals surface area contributed by atoms with Crippen LogP contribution in [-0.4, -0.2) is 95.6 Å². The van der Waals surface area contributed by atoms with Gasteiger partial charge < -0.3 is 39.6 Å². The summed E-state index contributed by atoms with van der Waals surface area (Å²) in [5.74, 6) is -1.59. The number of aliphatic carboxylic acids is 1. The van der Waals surface area contributed by atoms with Crippen LogP contribution in [0.1, 0.15) is 53.5 Å². The van der Waals surface area contributed by atoms with E-state index in [0.29, 0.717) is 22.6 Å². The Morgan fingerprint density at radius 1 is 1.16 bits per heavy atom. The summed E-state index contributed by atoms with van der Waals surface area (Å²) in [7, 11) is 1.55. The number of carbonyl (C=O) groups excluding carboxylic acids is 3. The summed E-state index contributed by atoms with van der Waals surface area (Å²) >= 11 is 0. The highest BCUT2D eigenvalue weighted by atomic mass is 16.6. The molecule has 1 fully saturated rings. The van der Waals surface area contributed by atoms with Gasteiger partial charge in [0.25, 0.3) is 0 Å². The Bertz CT molecular complexity index is 1480. The molecular formula is C32H42N4O9. The van der Waals surface area contributed by atoms with Crippen molar-refractivity contribution < 1.29 is 43.2 Å². The lowest BCUT2D eigenvalue weighted by atomic mass is 9.85. The highest BCUT2D eigenvalue weighted by Crippen LogP contribution is 2.34. The number of alkyl carbamates (subject to hydrolysis) is 1. The number of amides is 3. The molecule has 13 heteroatoms. The van der Waals surface area contributed by atoms with Crippen molar-refractivity contribution in [2.75, 3.05) is 26.9 Å². The molecule has 244 valence electrons. The lowest BCUT2D eigenvalue weighted by Crippen LogP contribution is -2.60. The van der Waals surface area contributed by atoms with Crippen LogP contribution in [0, 0.1) is 5.41 Å². The number of methoxy groups -OCH3 is 1. The van der Waals surface area contributed by atoms with E-state index in [-0.39, 0.29) is 26.2 Å². The highest BCUT2D eigenvalue weighted by Gasteiger charge is 2.46. The van der Waals surface area contributed by atoms with E-state index in [1.54, 1.807) is 67.0 Å². The molecule has 3 amide bonds. The quantitative estimate of drug-likeness (QED) is 0.461. The highest BCUT2D eigenvalue weighted by molar-refractivity contribution is 5.94. The second-order valence-corrected chi connectivity index (χ2v) is 13.2. The van der Waals surface area contributed by atoms with Gasteiger partial charge in [0.05, 0.1) is 26.9 Å². The third kappa shape index (κ3) is 8.21. The van der Waals surface area contributed by atoms with Gasteiger partial charge in [-0.3, -0.25) is 9.59 Å². The van der Waals surface area contributed by atoms with Gasteiger partial charge in [-0.2, -0.15) is 0 Å². The molecule has 4 atom stereocenters. The maximum absolute atomic E-state index is 14.0. The number of aromatic nitrogens is 1. The maximum atomic E-state index is 14.0. The molecule has 2 aromatic rings. The van der Waals surface area contributed by atoms with Gasteiger partial charge in [-0.15, -0.1) is 0 Å². The SMILES string of the molecule is COc1cc2ccnc3c2cc1C=CCOC[C@H](NC(=O)OC(C)(C)C)C(=O)N[C@@H](C(C)(C)C)C(=O)N1C[C@@H](C[C@H]1C(=O)O)O3. The fourth-order valence-electron chi connectivity index (χ4n) is 5.23. The van der Waals surface area contributed by atoms with E-state index in [0.717, 1.165) is 5.39 Å². The van der Waals surface area contributed by atoms with Crippen LogP contribution in [0.25, 0.3) is 16.8 Å². The molecule has 4 rings (SSSR count). The standard InChI is InChI=1S/C32H42N4O9/c1-31(2,3)25-28(38)36-16-20(15-23(36)29(39)40)44-27-21-13-19(24(42-7)14-18(21)10-11-33-27)9-8-12-43-17-22(26(37)35-25)34-30(41)45-32(4,5)6/h8-11,13-14,20,22-23,25H,12,15-17H2,1-7H3,(H,34,41)(H,35,37)(H,39,40)/t20-,22+,23+,25-/m1/s1. The lowest BCUT2D eigenvalue weighted by Gasteiger charge is -2.35. The first-order valence-electron chi connectivity index (χ1n) is 14.8. The van der Waals surface area contributed by atoms with Gasteiger partial charge in [0.15, 0.2) is 0 Å². The van der Waals surface area contributed by atoms with Crippen LogP contribution in [0.3, 0.4) is 0 Å². The first-order chi connectivity index (χ1) is 21.1. The van der Waals surface area contributed by atoms with Crippen LogP contribution in [0.4, 0.5) is 4.79 Å². The van der Waals surface area contributed by atoms with Crippen molar-refractivity contribution >= 4 is 40.7 Å². The van der Waals surface area contributed by atoms with E-state index >= 15 is 0 Å². The average molecular weight is 627 g/mol. The number of nitrogens with one attached hydrogen (secondary N) is 2. The predicted octanol–water partition coefficient (Wildman–Crippen LogP) is 3.14. The summed E-state index contributed by atoms with van der Waals surface area (Å²) in [5.41, 5.74) is -0.950. The van der Waals surface area contributed by atoms with E-state index < -0.39 is 59.1 Å². The molecular weight excluding hydrogens is 584 g/mol. The summed E-state index contributed by atoms with van der Waals surface area (Å²) < 4.78 is 23.0. The number of benzene rings is 1. The molecule has 2 aliphatic heterocycles. The third-order valence-electron chi connectivity index (χ3n) is 7.39. The van der Waals surface area contributed by atoms with Crippen molar-refractivity contribution in [1.82, 2.24) is 20.5 Å². The molecule has 1 aromatic carbocycles. The molecule has 3 N–H and O–H groups in total. The lowest BCUT2D eigenvalue weighted by molar-refractivity contribution is -0.151. The molecule has 0 saturated carbocycles. The van der Waals surface area contributed by atoms with E-state index in [1.807, 2.05) is 18.2 Å². The Morgan fingerprint density at radius 3 is 2.53 bits per heavy atom. The zero-order valence-electron chi connectivity index (χ0n) is 26.7. The van der Waals surface area contributed by atoms with Gasteiger partial charge in [-0.05, 0) is 49.8 Å². The number of fused-ring (bicyclic) bond motifs is 3. The van der Waals surface area contributed by atoms with Gasteiger partial charge in [-0.1, -0.05) is 32.9 Å². The predicted molar refractivity (Wildman–Crippen MR) is 165 cm³/mol. The minimum Gasteiger partial charge on any atom is -0.496 e. The fourth-order valence-corrected chi connectivity index (χ4v) is 5.23. The Balaban J connectivity index is 1.76. The second kappa shape index (κ2) is 13.3. The number of hydrogen-bond acceptors (Lipinski definition) is 9. The van der Waals surface area contributed by atoms with Crippen molar-refractivity contribution in [3.8, 4) is 11.6 Å². The molecule has 0 spiro atoms. The number of ether oxygens (including phenoxy) is 4. The van der Waals surface area contributed by atoms with Crippen molar-refractivity contribution in [3.63, 3.8) is 0 Å². The molecule has 3 heterocycles. The van der Waals surface area contributed by atoms with Crippen LogP contribution < -0.4 is 20.1 Å². The van der Waals surface area contributed by atoms with Crippen LogP contribution in [-0.2, 0) is 23.9 Å². The molecule has 13 nitrogen and oxygen atoms in total. The van der Waals surface area contributed by atoms with E-state index in [2.05, 4.69) is 15.6 Å². The zero-order chi connectivity index (χ0) is 33.1. The second-order valence-electron chi connectivity index (χ2n) is 13.2. The van der Waals surface area contributed by atoms with Crippen LogP contribution >= 0.6 is 0 Å². The van der Waals surface area contributed by atoms with E-state index in [9.17, 15) is 24.3 Å². The largest absolute Gasteiger partial charge is 0.496 e. The van der Waals surface area contributed by atoms with Crippen molar-refractivity contribution in [1.29, 1.82) is 0 Å². The smallest absolute Gasteiger partial charge is 0.408 e. The van der Waals surface area contributed by atoms with Crippen LogP contribution in [0.2, 0.25) is 0 Å². The topological polar surface area (TPSA) is 166 Å². The third-order valence-corrected chi connectivity index (χ3v) is 7.39. The van der Waals surface area contributed by atoms with Gasteiger partial charge in [0.1, 0.15) is 35.6 Å². The number of carboxylic acid groups (broad SMARTS) is 1. The summed E-state index contributed by atoms with van der Waals surface area (Å²) in [6, 6.07) is 1.94. The number of carboxylic acids is 1. The molecule has 45 heavy (non-hydrogen) atoms. The zero-order valence-corrected chi connectivity index (χ0v) is 26.7. The molecule has 1 saturated heterocycles. The molecule has 2 aliphatic rings. The monoisotopic (exact) mass is 626 g/mol. The molecule has 0 radical (unpaired) electrons. The van der Waals surface area contributed by atoms with Crippen LogP contribution in [0.5, 0.6) is 11.6 Å². The summed E-state index contributed by atoms with van der Waals surface area (Å²) in [6.07, 6.45) is 3.62. The van der Waals surface area contributed by atoms with E-state index in [1.165, 1.54) is 4.90 Å². The van der Waals surface area contributed by atoms with Gasteiger partial charge in [0, 0.05) is 23.6 Å². The number of carbonyl (C=O) groups is 4. The Labute approximate surface area is 262 Å². The summed E-state index contributed by atoms with van der Waals surface area (Å²) in [5, 5.41) is 16.8. The first-order valence-corrected chi connectivity index (χ1v) is 14.8. The summed E-state index contributed by atoms with van der Waals surface area (Å²) in [4.78, 5) is 58.3. The van der Waals surface area contributed by atoms with Crippen molar-refractivity contribution in [2.45, 2.75) is 77.8 Å². The normalized spacial score (nSPS) is 23.1. The van der Waals surface area contributed by atoms with Gasteiger partial charge >= 0.3 is 12.1 Å². The van der Waals surface area contributed by atoms with Crippen molar-refractivity contribution in [2.24, 2.45) is 5.41 Å². The summed E-state index contributed by atoms with van der Waals surface area (Å²) in [6.45, 7) is 10.1. The Hall–Kier alpha value is -4.39. The minimum atomic E-state index is -1.22. The van der Waals surface area contributed by atoms with Crippen LogP contribution in [0.15, 0.2) is 30.5 Å². The number of hydrogen-bond donors (Lipinski definition) is 3. The Morgan fingerprint density at radius 2 is 1.89 bits per heavy atom. The molecule has 1 aromatic heterocycles. The minimum absolute atomic E-state index is 0.0174. The van der Waals surface area contributed by atoms with E-state index in [4.69, 9.17) is 18.9 Å². The Kier molecular flexibility index (Phi) is 9.91. The molecule has 0 aliphatic carbocycles. The van der Waals surface area contributed by atoms with Crippen molar-refractivity contribution in [3.05, 3.63) is 36.0 Å². The average Bonchev–Trinajstić information content (AvgIpc) is 3.36. The van der Waals surface area contributed by atoms with Gasteiger partial charge in [-0.25, -0.2) is 14.6 Å². The first kappa shape index (κ1) is 33.5. The maximum Gasteiger partial charge on any atom is 0.408 e. The molecule has 0 unspecified atom stereocenters. The number of rotatable bonds is 3. The number of pyridine rings is 1. The van der Waals surface area contributed by atoms with Gasteiger partial charge in [0.2, 0.25) is 17.7 Å². The molecule has 4 bridgehead atoms. The number of nitrogens with zero attached hydrogens (tertiary/aromatic N) is 2. The fraction of sp³-hybridized carbons (Fsp3) is 0.531.